The zero-order valence-corrected chi connectivity index (χ0v) is 25.4. The molecule has 10 heteroatoms. The number of ketones is 1. The van der Waals surface area contributed by atoms with Gasteiger partial charge in [0.1, 0.15) is 28.6 Å². The first-order valence-electron chi connectivity index (χ1n) is 15.5. The molecular weight excluding hydrogens is 578 g/mol. The first kappa shape index (κ1) is 31.7. The van der Waals surface area contributed by atoms with Gasteiger partial charge in [0, 0.05) is 43.7 Å². The standard InChI is InChI=1S/C35H39NO9/c1-22-8-5-11-25(37)10-4-2-3-9-24-18-28(38)33(34(40)32(24)35(41)45-22)27(23-14-15-29-30(19-23)44-21-43-29)20-31(39)36-16-6-12-26-13-7-17-42-26/h3,7,9,13-15,17-19,22,27,38,40H,2,4-6,8,10-12,16,20-21H2,1H3,(H,36,39)/t22-,27?/m0/s1. The van der Waals surface area contributed by atoms with E-state index >= 15 is 0 Å². The predicted octanol–water partition coefficient (Wildman–Crippen LogP) is 6.17. The fraction of sp³-hybridized carbons (Fsp3) is 0.400. The van der Waals surface area contributed by atoms with Gasteiger partial charge in [-0.05, 0) is 80.5 Å². The maximum atomic E-state index is 13.6. The highest BCUT2D eigenvalue weighted by molar-refractivity contribution is 5.98. The number of carbonyl (C=O) groups excluding carboxylic acids is 3. The number of furan rings is 1. The number of phenols is 2. The van der Waals surface area contributed by atoms with Crippen LogP contribution in [0.2, 0.25) is 0 Å². The van der Waals surface area contributed by atoms with Crippen LogP contribution in [0.5, 0.6) is 23.0 Å². The first-order valence-corrected chi connectivity index (χ1v) is 15.5. The summed E-state index contributed by atoms with van der Waals surface area (Å²) >= 11 is 0. The molecule has 0 radical (unpaired) electrons. The van der Waals surface area contributed by atoms with Crippen molar-refractivity contribution in [2.24, 2.45) is 0 Å². The largest absolute Gasteiger partial charge is 0.507 e. The SMILES string of the molecule is C[C@H]1CCCC(=O)CCCC=Cc2cc(O)c(C(CC(=O)NCCCc3ccco3)c3ccc4c(c3)OCO4)c(O)c2C(=O)O1. The second-order valence-corrected chi connectivity index (χ2v) is 11.5. The Labute approximate surface area is 262 Å². The molecule has 0 spiro atoms. The highest BCUT2D eigenvalue weighted by Gasteiger charge is 2.31. The maximum absolute atomic E-state index is 13.6. The Bertz CT molecular complexity index is 1540. The van der Waals surface area contributed by atoms with Crippen molar-refractivity contribution < 1.29 is 43.2 Å². The average Bonchev–Trinajstić information content (AvgIpc) is 3.70. The molecule has 2 aliphatic rings. The number of amides is 1. The van der Waals surface area contributed by atoms with Gasteiger partial charge in [0.05, 0.1) is 12.4 Å². The van der Waals surface area contributed by atoms with Gasteiger partial charge in [0.2, 0.25) is 12.7 Å². The lowest BCUT2D eigenvalue weighted by atomic mass is 9.84. The second kappa shape index (κ2) is 14.8. The fourth-order valence-electron chi connectivity index (χ4n) is 5.74. The highest BCUT2D eigenvalue weighted by atomic mass is 16.7. The van der Waals surface area contributed by atoms with Crippen LogP contribution in [0.4, 0.5) is 0 Å². The minimum Gasteiger partial charge on any atom is -0.507 e. The third kappa shape index (κ3) is 8.06. The molecule has 2 atom stereocenters. The molecule has 1 amide bonds. The van der Waals surface area contributed by atoms with Crippen LogP contribution in [-0.4, -0.2) is 47.3 Å². The van der Waals surface area contributed by atoms with Gasteiger partial charge >= 0.3 is 5.97 Å². The van der Waals surface area contributed by atoms with Gasteiger partial charge in [-0.2, -0.15) is 0 Å². The molecular formula is C35H39NO9. The molecule has 3 heterocycles. The maximum Gasteiger partial charge on any atom is 0.342 e. The number of fused-ring (bicyclic) bond motifs is 2. The molecule has 2 aromatic carbocycles. The van der Waals surface area contributed by atoms with E-state index in [0.717, 1.165) is 5.76 Å². The Morgan fingerprint density at radius 2 is 1.89 bits per heavy atom. The van der Waals surface area contributed by atoms with Crippen LogP contribution < -0.4 is 14.8 Å². The number of allylic oxidation sites excluding steroid dienone is 1. The van der Waals surface area contributed by atoms with Crippen LogP contribution >= 0.6 is 0 Å². The summed E-state index contributed by atoms with van der Waals surface area (Å²) in [7, 11) is 0. The molecule has 10 nitrogen and oxygen atoms in total. The van der Waals surface area contributed by atoms with Gasteiger partial charge in [-0.3, -0.25) is 9.59 Å². The molecule has 0 fully saturated rings. The van der Waals surface area contributed by atoms with Crippen molar-refractivity contribution in [3.63, 3.8) is 0 Å². The number of cyclic esters (lactones) is 1. The molecule has 2 aliphatic heterocycles. The number of esters is 1. The summed E-state index contributed by atoms with van der Waals surface area (Å²) in [6.07, 6.45) is 8.95. The van der Waals surface area contributed by atoms with Gasteiger partial charge in [-0.15, -0.1) is 0 Å². The van der Waals surface area contributed by atoms with E-state index in [1.807, 2.05) is 12.1 Å². The van der Waals surface area contributed by atoms with Crippen molar-refractivity contribution in [1.82, 2.24) is 5.32 Å². The topological polar surface area (TPSA) is 145 Å². The number of aryl methyl sites for hydroxylation is 1. The van der Waals surface area contributed by atoms with Gasteiger partial charge in [0.15, 0.2) is 11.5 Å². The van der Waals surface area contributed by atoms with E-state index in [9.17, 15) is 24.6 Å². The summed E-state index contributed by atoms with van der Waals surface area (Å²) in [5, 5.41) is 26.0. The molecule has 1 aromatic heterocycles. The number of aromatic hydroxyl groups is 2. The van der Waals surface area contributed by atoms with E-state index < -0.39 is 23.7 Å². The van der Waals surface area contributed by atoms with E-state index in [0.29, 0.717) is 75.0 Å². The molecule has 3 N–H and O–H groups in total. The molecule has 5 rings (SSSR count). The third-order valence-electron chi connectivity index (χ3n) is 8.09. The molecule has 45 heavy (non-hydrogen) atoms. The number of hydrogen-bond acceptors (Lipinski definition) is 9. The molecule has 0 bridgehead atoms. The Balaban J connectivity index is 1.48. The Morgan fingerprint density at radius 1 is 1.07 bits per heavy atom. The number of carbonyl (C=O) groups is 3. The van der Waals surface area contributed by atoms with Crippen LogP contribution in [0, 0.1) is 0 Å². The predicted molar refractivity (Wildman–Crippen MR) is 165 cm³/mol. The molecule has 0 saturated heterocycles. The van der Waals surface area contributed by atoms with Crippen molar-refractivity contribution in [2.45, 2.75) is 76.7 Å². The smallest absolute Gasteiger partial charge is 0.342 e. The van der Waals surface area contributed by atoms with Gasteiger partial charge in [0.25, 0.3) is 0 Å². The summed E-state index contributed by atoms with van der Waals surface area (Å²) < 4.78 is 22.1. The van der Waals surface area contributed by atoms with Gasteiger partial charge < -0.3 is 34.2 Å². The van der Waals surface area contributed by atoms with Crippen LogP contribution in [-0.2, 0) is 20.7 Å². The zero-order chi connectivity index (χ0) is 31.8. The number of phenolic OH excluding ortho intramolecular Hbond substituents is 2. The summed E-state index contributed by atoms with van der Waals surface area (Å²) in [4.78, 5) is 39.0. The molecule has 0 aliphatic carbocycles. The number of nitrogens with one attached hydrogen (secondary N) is 1. The van der Waals surface area contributed by atoms with Crippen LogP contribution in [0.3, 0.4) is 0 Å². The third-order valence-corrected chi connectivity index (χ3v) is 8.09. The normalized spacial score (nSPS) is 17.7. The van der Waals surface area contributed by atoms with E-state index in [1.165, 1.54) is 6.07 Å². The number of benzene rings is 2. The molecule has 1 unspecified atom stereocenters. The highest BCUT2D eigenvalue weighted by Crippen LogP contribution is 2.46. The molecule has 3 aromatic rings. The summed E-state index contributed by atoms with van der Waals surface area (Å²) in [5.41, 5.74) is 0.797. The van der Waals surface area contributed by atoms with Crippen LogP contribution in [0.25, 0.3) is 6.08 Å². The lowest BCUT2D eigenvalue weighted by Crippen LogP contribution is -2.27. The number of hydrogen-bond donors (Lipinski definition) is 3. The number of ether oxygens (including phenoxy) is 3. The molecule has 238 valence electrons. The quantitative estimate of drug-likeness (QED) is 0.200. The Hall–Kier alpha value is -4.73. The number of Topliss-reactive ketones (excluding diaryl/α,β-unsaturated/α-hetero) is 1. The minimum atomic E-state index is -0.844. The Morgan fingerprint density at radius 3 is 2.71 bits per heavy atom. The summed E-state index contributed by atoms with van der Waals surface area (Å²) in [6.45, 7) is 2.20. The fourth-order valence-corrected chi connectivity index (χ4v) is 5.74. The van der Waals surface area contributed by atoms with Gasteiger partial charge in [-0.25, -0.2) is 4.79 Å². The van der Waals surface area contributed by atoms with Crippen molar-refractivity contribution in [3.8, 4) is 23.0 Å². The van der Waals surface area contributed by atoms with E-state index in [4.69, 9.17) is 18.6 Å². The van der Waals surface area contributed by atoms with E-state index in [1.54, 1.807) is 43.5 Å². The van der Waals surface area contributed by atoms with Gasteiger partial charge in [-0.1, -0.05) is 18.2 Å². The summed E-state index contributed by atoms with van der Waals surface area (Å²) in [6, 6.07) is 10.3. The summed E-state index contributed by atoms with van der Waals surface area (Å²) in [5.74, 6) is -0.615. The average molecular weight is 618 g/mol. The Kier molecular flexibility index (Phi) is 10.4. The van der Waals surface area contributed by atoms with E-state index in [-0.39, 0.29) is 47.3 Å². The second-order valence-electron chi connectivity index (χ2n) is 11.5. The lowest BCUT2D eigenvalue weighted by molar-refractivity contribution is -0.121. The number of rotatable bonds is 8. The monoisotopic (exact) mass is 617 g/mol. The van der Waals surface area contributed by atoms with Crippen LogP contribution in [0.15, 0.2) is 53.2 Å². The van der Waals surface area contributed by atoms with Crippen molar-refractivity contribution in [2.75, 3.05) is 13.3 Å². The first-order chi connectivity index (χ1) is 21.8. The lowest BCUT2D eigenvalue weighted by Gasteiger charge is -2.23. The molecule has 0 saturated carbocycles. The van der Waals surface area contributed by atoms with Crippen molar-refractivity contribution >= 4 is 23.7 Å². The van der Waals surface area contributed by atoms with Crippen molar-refractivity contribution in [3.05, 3.63) is 76.8 Å². The van der Waals surface area contributed by atoms with E-state index in [2.05, 4.69) is 5.32 Å². The van der Waals surface area contributed by atoms with Crippen LogP contribution in [0.1, 0.15) is 97.0 Å². The minimum absolute atomic E-state index is 0.0306. The van der Waals surface area contributed by atoms with Crippen molar-refractivity contribution in [1.29, 1.82) is 0 Å². The zero-order valence-electron chi connectivity index (χ0n) is 25.4.